The van der Waals surface area contributed by atoms with Gasteiger partial charge in [-0.25, -0.2) is 19.4 Å². The van der Waals surface area contributed by atoms with Gasteiger partial charge in [-0.05, 0) is 38.8 Å². The number of carbonyl (C=O) groups is 1. The number of nitrogens with one attached hydrogen (secondary N) is 1. The molecule has 2 aromatic rings. The zero-order chi connectivity index (χ0) is 15.7. The maximum atomic E-state index is 11.6. The van der Waals surface area contributed by atoms with Crippen LogP contribution in [0.5, 0.6) is 0 Å². The van der Waals surface area contributed by atoms with Gasteiger partial charge in [-0.3, -0.25) is 0 Å². The van der Waals surface area contributed by atoms with Gasteiger partial charge in [0.2, 0.25) is 0 Å². The van der Waals surface area contributed by atoms with Crippen LogP contribution in [0.15, 0.2) is 12.1 Å². The van der Waals surface area contributed by atoms with Gasteiger partial charge in [0, 0.05) is 6.54 Å². The van der Waals surface area contributed by atoms with Gasteiger partial charge in [0.1, 0.15) is 17.5 Å². The summed E-state index contributed by atoms with van der Waals surface area (Å²) in [6.45, 7) is 4.60. The first-order valence-electron chi connectivity index (χ1n) is 7.32. The Morgan fingerprint density at radius 2 is 2.18 bits per heavy atom. The Hall–Kier alpha value is -2.44. The summed E-state index contributed by atoms with van der Waals surface area (Å²) in [6, 6.07) is 3.61. The van der Waals surface area contributed by atoms with Gasteiger partial charge in [-0.1, -0.05) is 0 Å². The molecule has 0 saturated heterocycles. The summed E-state index contributed by atoms with van der Waals surface area (Å²) in [7, 11) is 1.37. The largest absolute Gasteiger partial charge is 0.465 e. The third kappa shape index (κ3) is 2.66. The van der Waals surface area contributed by atoms with Crippen molar-refractivity contribution in [2.45, 2.75) is 39.3 Å². The summed E-state index contributed by atoms with van der Waals surface area (Å²) in [5, 5.41) is 7.78. The smallest absolute Gasteiger partial charge is 0.339 e. The van der Waals surface area contributed by atoms with E-state index in [0.29, 0.717) is 11.3 Å². The minimum Gasteiger partial charge on any atom is -0.465 e. The Kier molecular flexibility index (Phi) is 3.79. The summed E-state index contributed by atoms with van der Waals surface area (Å²) in [4.78, 5) is 20.5. The predicted octanol–water partition coefficient (Wildman–Crippen LogP) is 2.02. The third-order valence-electron chi connectivity index (χ3n) is 3.79. The lowest BCUT2D eigenvalue weighted by atomic mass is 10.1. The molecule has 1 atom stereocenters. The second-order valence-electron chi connectivity index (χ2n) is 5.40. The van der Waals surface area contributed by atoms with E-state index in [1.807, 2.05) is 11.6 Å². The molecule has 3 heterocycles. The first kappa shape index (κ1) is 14.5. The summed E-state index contributed by atoms with van der Waals surface area (Å²) >= 11 is 0. The number of aromatic nitrogens is 4. The van der Waals surface area contributed by atoms with Gasteiger partial charge in [-0.2, -0.15) is 5.10 Å². The lowest BCUT2D eigenvalue weighted by molar-refractivity contribution is 0.0599. The minimum absolute atomic E-state index is 0.0887. The van der Waals surface area contributed by atoms with Crippen LogP contribution in [0.1, 0.15) is 46.6 Å². The highest BCUT2D eigenvalue weighted by molar-refractivity contribution is 5.90. The molecule has 1 unspecified atom stereocenters. The van der Waals surface area contributed by atoms with E-state index in [4.69, 9.17) is 4.74 Å². The lowest BCUT2D eigenvalue weighted by Gasteiger charge is -2.23. The summed E-state index contributed by atoms with van der Waals surface area (Å²) in [5.41, 5.74) is 1.13. The Labute approximate surface area is 128 Å². The number of hydrogen-bond acceptors (Lipinski definition) is 6. The zero-order valence-electron chi connectivity index (χ0n) is 13.0. The number of fused-ring (bicyclic) bond motifs is 1. The van der Waals surface area contributed by atoms with E-state index in [2.05, 4.69) is 20.4 Å². The maximum Gasteiger partial charge on any atom is 0.339 e. The third-order valence-corrected chi connectivity index (χ3v) is 3.79. The fraction of sp³-hybridized carbons (Fsp3) is 0.467. The molecule has 0 amide bonds. The van der Waals surface area contributed by atoms with Crippen molar-refractivity contribution in [3.63, 3.8) is 0 Å². The van der Waals surface area contributed by atoms with E-state index >= 15 is 0 Å². The molecule has 0 saturated carbocycles. The summed E-state index contributed by atoms with van der Waals surface area (Å²) in [5.74, 6) is 2.09. The number of carbonyl (C=O) groups excluding carboxylic acids is 1. The average molecular weight is 301 g/mol. The van der Waals surface area contributed by atoms with Crippen molar-refractivity contribution in [2.75, 3.05) is 12.4 Å². The van der Waals surface area contributed by atoms with Crippen LogP contribution in [0, 0.1) is 13.8 Å². The topological polar surface area (TPSA) is 81.9 Å². The molecule has 3 rings (SSSR count). The Morgan fingerprint density at radius 1 is 1.36 bits per heavy atom. The van der Waals surface area contributed by atoms with Crippen molar-refractivity contribution >= 4 is 11.8 Å². The monoisotopic (exact) mass is 301 g/mol. The molecule has 0 spiro atoms. The van der Waals surface area contributed by atoms with Crippen LogP contribution in [0.2, 0.25) is 0 Å². The standard InChI is InChI=1S/C15H19N5O2/c1-9-11(15(21)22-3)6-7-13(16-9)18-12-5-4-8-20-14(12)17-10(2)19-20/h6-7,12H,4-5,8H2,1-3H3,(H,16,18). The molecule has 0 aliphatic carbocycles. The number of pyridine rings is 1. The number of hydrogen-bond donors (Lipinski definition) is 1. The highest BCUT2D eigenvalue weighted by atomic mass is 16.5. The summed E-state index contributed by atoms with van der Waals surface area (Å²) < 4.78 is 6.69. The van der Waals surface area contributed by atoms with Crippen LogP contribution in [0.25, 0.3) is 0 Å². The van der Waals surface area contributed by atoms with E-state index in [9.17, 15) is 4.79 Å². The van der Waals surface area contributed by atoms with Crippen LogP contribution in [0.4, 0.5) is 5.82 Å². The summed E-state index contributed by atoms with van der Waals surface area (Å²) in [6.07, 6.45) is 2.03. The fourth-order valence-electron chi connectivity index (χ4n) is 2.75. The number of aryl methyl sites for hydroxylation is 3. The number of nitrogens with zero attached hydrogens (tertiary/aromatic N) is 4. The van der Waals surface area contributed by atoms with Gasteiger partial charge in [-0.15, -0.1) is 0 Å². The molecule has 1 aliphatic rings. The Morgan fingerprint density at radius 3 is 2.91 bits per heavy atom. The van der Waals surface area contributed by atoms with Crippen LogP contribution >= 0.6 is 0 Å². The first-order valence-corrected chi connectivity index (χ1v) is 7.32. The highest BCUT2D eigenvalue weighted by Gasteiger charge is 2.24. The maximum absolute atomic E-state index is 11.6. The zero-order valence-corrected chi connectivity index (χ0v) is 13.0. The molecule has 1 N–H and O–H groups in total. The van der Waals surface area contributed by atoms with Crippen LogP contribution in [-0.4, -0.2) is 32.8 Å². The minimum atomic E-state index is -0.371. The van der Waals surface area contributed by atoms with E-state index in [1.165, 1.54) is 7.11 Å². The van der Waals surface area contributed by atoms with Crippen molar-refractivity contribution in [2.24, 2.45) is 0 Å². The molecule has 2 aromatic heterocycles. The van der Waals surface area contributed by atoms with Crippen molar-refractivity contribution in [3.8, 4) is 0 Å². The lowest BCUT2D eigenvalue weighted by Crippen LogP contribution is -2.23. The van der Waals surface area contributed by atoms with Crippen LogP contribution in [-0.2, 0) is 11.3 Å². The molecule has 0 bridgehead atoms. The second-order valence-corrected chi connectivity index (χ2v) is 5.40. The van der Waals surface area contributed by atoms with Crippen molar-refractivity contribution in [1.82, 2.24) is 19.7 Å². The van der Waals surface area contributed by atoms with Crippen LogP contribution < -0.4 is 5.32 Å². The highest BCUT2D eigenvalue weighted by Crippen LogP contribution is 2.26. The van der Waals surface area contributed by atoms with Crippen molar-refractivity contribution in [3.05, 3.63) is 35.0 Å². The SMILES string of the molecule is COC(=O)c1ccc(NC2CCCn3nc(C)nc32)nc1C. The molecule has 0 aromatic carbocycles. The van der Waals surface area contributed by atoms with E-state index < -0.39 is 0 Å². The number of anilines is 1. The predicted molar refractivity (Wildman–Crippen MR) is 80.7 cm³/mol. The van der Waals surface area contributed by atoms with Crippen molar-refractivity contribution in [1.29, 1.82) is 0 Å². The number of rotatable bonds is 3. The van der Waals surface area contributed by atoms with E-state index in [-0.39, 0.29) is 12.0 Å². The van der Waals surface area contributed by atoms with E-state index in [1.54, 1.807) is 19.1 Å². The average Bonchev–Trinajstić information content (AvgIpc) is 2.88. The Balaban J connectivity index is 1.82. The van der Waals surface area contributed by atoms with Gasteiger partial charge in [0.05, 0.1) is 24.4 Å². The molecule has 1 aliphatic heterocycles. The Bertz CT molecular complexity index is 710. The second kappa shape index (κ2) is 5.75. The molecule has 7 nitrogen and oxygen atoms in total. The molecule has 116 valence electrons. The number of methoxy groups -OCH3 is 1. The van der Waals surface area contributed by atoms with Gasteiger partial charge < -0.3 is 10.1 Å². The first-order chi connectivity index (χ1) is 10.6. The number of ether oxygens (including phenoxy) is 1. The fourth-order valence-corrected chi connectivity index (χ4v) is 2.75. The van der Waals surface area contributed by atoms with Gasteiger partial charge in [0.15, 0.2) is 0 Å². The molecule has 7 heteroatoms. The van der Waals surface area contributed by atoms with Gasteiger partial charge in [0.25, 0.3) is 0 Å². The number of esters is 1. The van der Waals surface area contributed by atoms with Crippen molar-refractivity contribution < 1.29 is 9.53 Å². The molecule has 0 radical (unpaired) electrons. The molecule has 22 heavy (non-hydrogen) atoms. The molecule has 0 fully saturated rings. The van der Waals surface area contributed by atoms with Crippen LogP contribution in [0.3, 0.4) is 0 Å². The quantitative estimate of drug-likeness (QED) is 0.873. The normalized spacial score (nSPS) is 17.0. The van der Waals surface area contributed by atoms with E-state index in [0.717, 1.165) is 36.9 Å². The van der Waals surface area contributed by atoms with Gasteiger partial charge >= 0.3 is 5.97 Å². The molecular formula is C15H19N5O2. The molecular weight excluding hydrogens is 282 g/mol.